The molecule has 2 aliphatic heterocycles. The summed E-state index contributed by atoms with van der Waals surface area (Å²) in [5.74, 6) is 0.991. The minimum absolute atomic E-state index is 0.0459. The molecule has 2 heterocycles. The van der Waals surface area contributed by atoms with Crippen molar-refractivity contribution in [3.8, 4) is 0 Å². The second-order valence-corrected chi connectivity index (χ2v) is 7.01. The number of morpholine rings is 1. The van der Waals surface area contributed by atoms with E-state index in [1.807, 2.05) is 6.07 Å². The SMILES string of the molecule is O=C(NCC1CC1)[C@H]1C[C@@H]2CN(Cc3ccccc3)C[C@H]1O2. The molecule has 0 spiro atoms. The molecular weight excluding hydrogens is 276 g/mol. The van der Waals surface area contributed by atoms with Gasteiger partial charge in [-0.15, -0.1) is 0 Å². The fourth-order valence-corrected chi connectivity index (χ4v) is 3.68. The lowest BCUT2D eigenvalue weighted by molar-refractivity contribution is -0.128. The largest absolute Gasteiger partial charge is 0.371 e. The van der Waals surface area contributed by atoms with Crippen molar-refractivity contribution < 1.29 is 9.53 Å². The number of likely N-dealkylation sites (tertiary alicyclic amines) is 1. The highest BCUT2D eigenvalue weighted by Gasteiger charge is 2.44. The maximum Gasteiger partial charge on any atom is 0.225 e. The number of hydrogen-bond donors (Lipinski definition) is 1. The second kappa shape index (κ2) is 6.01. The summed E-state index contributed by atoms with van der Waals surface area (Å²) < 4.78 is 6.02. The van der Waals surface area contributed by atoms with E-state index in [-0.39, 0.29) is 24.0 Å². The fraction of sp³-hybridized carbons (Fsp3) is 0.611. The van der Waals surface area contributed by atoms with Crippen molar-refractivity contribution in [3.63, 3.8) is 0 Å². The summed E-state index contributed by atoms with van der Waals surface area (Å²) in [6, 6.07) is 10.5. The number of nitrogens with one attached hydrogen (secondary N) is 1. The molecule has 0 radical (unpaired) electrons. The maximum absolute atomic E-state index is 12.4. The van der Waals surface area contributed by atoms with Gasteiger partial charge in [-0.3, -0.25) is 9.69 Å². The Labute approximate surface area is 131 Å². The second-order valence-electron chi connectivity index (χ2n) is 7.01. The summed E-state index contributed by atoms with van der Waals surface area (Å²) in [5.41, 5.74) is 1.33. The van der Waals surface area contributed by atoms with Crippen molar-refractivity contribution in [2.24, 2.45) is 11.8 Å². The molecule has 4 heteroatoms. The number of amides is 1. The summed E-state index contributed by atoms with van der Waals surface area (Å²) >= 11 is 0. The molecule has 1 aliphatic carbocycles. The van der Waals surface area contributed by atoms with Gasteiger partial charge in [0.2, 0.25) is 5.91 Å². The van der Waals surface area contributed by atoms with Gasteiger partial charge in [-0.25, -0.2) is 0 Å². The van der Waals surface area contributed by atoms with E-state index >= 15 is 0 Å². The van der Waals surface area contributed by atoms with E-state index in [1.165, 1.54) is 18.4 Å². The van der Waals surface area contributed by atoms with Crippen LogP contribution in [0.3, 0.4) is 0 Å². The van der Waals surface area contributed by atoms with Crippen LogP contribution >= 0.6 is 0 Å². The molecule has 1 aromatic rings. The van der Waals surface area contributed by atoms with Gasteiger partial charge in [0.15, 0.2) is 0 Å². The Morgan fingerprint density at radius 1 is 1.23 bits per heavy atom. The van der Waals surface area contributed by atoms with Crippen LogP contribution in [-0.2, 0) is 16.1 Å². The van der Waals surface area contributed by atoms with Crippen molar-refractivity contribution in [2.75, 3.05) is 19.6 Å². The average Bonchev–Trinajstić information content (AvgIpc) is 3.30. The predicted molar refractivity (Wildman–Crippen MR) is 84.2 cm³/mol. The molecule has 3 atom stereocenters. The number of carbonyl (C=O) groups excluding carboxylic acids is 1. The van der Waals surface area contributed by atoms with Crippen LogP contribution in [0.4, 0.5) is 0 Å². The lowest BCUT2D eigenvalue weighted by atomic mass is 9.99. The van der Waals surface area contributed by atoms with E-state index in [0.717, 1.165) is 38.5 Å². The lowest BCUT2D eigenvalue weighted by Gasteiger charge is -2.32. The van der Waals surface area contributed by atoms with Gasteiger partial charge in [0.25, 0.3) is 0 Å². The lowest BCUT2D eigenvalue weighted by Crippen LogP contribution is -2.45. The molecule has 118 valence electrons. The third kappa shape index (κ3) is 3.18. The number of hydrogen-bond acceptors (Lipinski definition) is 3. The molecule has 0 aromatic heterocycles. The molecule has 4 rings (SSSR count). The van der Waals surface area contributed by atoms with Crippen LogP contribution in [0.2, 0.25) is 0 Å². The van der Waals surface area contributed by atoms with Gasteiger partial charge in [-0.1, -0.05) is 30.3 Å². The maximum atomic E-state index is 12.4. The molecule has 1 N–H and O–H groups in total. The van der Waals surface area contributed by atoms with E-state index in [4.69, 9.17) is 4.74 Å². The predicted octanol–water partition coefficient (Wildman–Crippen LogP) is 1.80. The van der Waals surface area contributed by atoms with Crippen LogP contribution in [0.25, 0.3) is 0 Å². The van der Waals surface area contributed by atoms with Crippen LogP contribution < -0.4 is 5.32 Å². The molecule has 4 nitrogen and oxygen atoms in total. The summed E-state index contributed by atoms with van der Waals surface area (Å²) in [6.45, 7) is 3.62. The molecule has 1 amide bonds. The van der Waals surface area contributed by atoms with Crippen molar-refractivity contribution in [1.82, 2.24) is 10.2 Å². The first kappa shape index (κ1) is 14.2. The molecule has 22 heavy (non-hydrogen) atoms. The number of carbonyl (C=O) groups is 1. The van der Waals surface area contributed by atoms with E-state index < -0.39 is 0 Å². The Kier molecular flexibility index (Phi) is 3.89. The minimum Gasteiger partial charge on any atom is -0.371 e. The molecule has 3 fully saturated rings. The van der Waals surface area contributed by atoms with Gasteiger partial charge >= 0.3 is 0 Å². The summed E-state index contributed by atoms with van der Waals surface area (Å²) in [6.07, 6.45) is 3.73. The third-order valence-electron chi connectivity index (χ3n) is 5.08. The number of fused-ring (bicyclic) bond motifs is 2. The minimum atomic E-state index is 0.0459. The van der Waals surface area contributed by atoms with E-state index in [9.17, 15) is 4.79 Å². The Balaban J connectivity index is 1.34. The van der Waals surface area contributed by atoms with E-state index in [1.54, 1.807) is 0 Å². The quantitative estimate of drug-likeness (QED) is 0.901. The molecule has 2 bridgehead atoms. The Hall–Kier alpha value is -1.39. The first-order valence-corrected chi connectivity index (χ1v) is 8.47. The average molecular weight is 300 g/mol. The monoisotopic (exact) mass is 300 g/mol. The van der Waals surface area contributed by atoms with Gasteiger partial charge in [0.05, 0.1) is 18.1 Å². The Morgan fingerprint density at radius 2 is 2.05 bits per heavy atom. The molecule has 3 aliphatic rings. The zero-order chi connectivity index (χ0) is 14.9. The van der Waals surface area contributed by atoms with Crippen LogP contribution in [0.15, 0.2) is 30.3 Å². The number of nitrogens with zero attached hydrogens (tertiary/aromatic N) is 1. The smallest absolute Gasteiger partial charge is 0.225 e. The molecule has 1 aromatic carbocycles. The van der Waals surface area contributed by atoms with Crippen molar-refractivity contribution in [1.29, 1.82) is 0 Å². The zero-order valence-electron chi connectivity index (χ0n) is 12.9. The first-order valence-electron chi connectivity index (χ1n) is 8.47. The molecule has 2 saturated heterocycles. The van der Waals surface area contributed by atoms with Crippen molar-refractivity contribution in [3.05, 3.63) is 35.9 Å². The highest BCUT2D eigenvalue weighted by molar-refractivity contribution is 5.79. The summed E-state index contributed by atoms with van der Waals surface area (Å²) in [4.78, 5) is 14.8. The highest BCUT2D eigenvalue weighted by atomic mass is 16.5. The summed E-state index contributed by atoms with van der Waals surface area (Å²) in [7, 11) is 0. The van der Waals surface area contributed by atoms with Crippen molar-refractivity contribution in [2.45, 2.75) is 38.0 Å². The zero-order valence-corrected chi connectivity index (χ0v) is 12.9. The molecule has 1 saturated carbocycles. The summed E-state index contributed by atoms with van der Waals surface area (Å²) in [5, 5.41) is 3.13. The molecular formula is C18H24N2O2. The van der Waals surface area contributed by atoms with Gasteiger partial charge in [0.1, 0.15) is 0 Å². The van der Waals surface area contributed by atoms with Gasteiger partial charge in [0, 0.05) is 26.2 Å². The van der Waals surface area contributed by atoms with Crippen LogP contribution in [0, 0.1) is 11.8 Å². The Bertz CT molecular complexity index is 529. The normalized spacial score (nSPS) is 31.2. The van der Waals surface area contributed by atoms with Gasteiger partial charge < -0.3 is 10.1 Å². The topological polar surface area (TPSA) is 41.6 Å². The van der Waals surface area contributed by atoms with Gasteiger partial charge in [-0.05, 0) is 30.7 Å². The van der Waals surface area contributed by atoms with Crippen LogP contribution in [0.5, 0.6) is 0 Å². The third-order valence-corrected chi connectivity index (χ3v) is 5.08. The highest BCUT2D eigenvalue weighted by Crippen LogP contribution is 2.33. The van der Waals surface area contributed by atoms with Gasteiger partial charge in [-0.2, -0.15) is 0 Å². The standard InChI is InChI=1S/C18H24N2O2/c21-18(19-9-13-6-7-13)16-8-15-11-20(12-17(16)22-15)10-14-4-2-1-3-5-14/h1-5,13,15-17H,6-12H2,(H,19,21)/t15-,16+,17-/m1/s1. The Morgan fingerprint density at radius 3 is 2.82 bits per heavy atom. The van der Waals surface area contributed by atoms with Crippen LogP contribution in [0.1, 0.15) is 24.8 Å². The van der Waals surface area contributed by atoms with Crippen molar-refractivity contribution >= 4 is 5.91 Å². The van der Waals surface area contributed by atoms with E-state index in [2.05, 4.69) is 34.5 Å². The number of benzene rings is 1. The van der Waals surface area contributed by atoms with E-state index in [0.29, 0.717) is 0 Å². The fourth-order valence-electron chi connectivity index (χ4n) is 3.68. The first-order chi connectivity index (χ1) is 10.8. The number of rotatable bonds is 5. The number of ether oxygens (including phenoxy) is 1. The molecule has 0 unspecified atom stereocenters. The van der Waals surface area contributed by atoms with Crippen LogP contribution in [-0.4, -0.2) is 42.6 Å².